The highest BCUT2D eigenvalue weighted by molar-refractivity contribution is 6.03. The van der Waals surface area contributed by atoms with Crippen LogP contribution in [0, 0.1) is 5.41 Å². The fraction of sp³-hybridized carbons (Fsp3) is 0.409. The minimum Gasteiger partial charge on any atom is -0.392 e. The van der Waals surface area contributed by atoms with Gasteiger partial charge in [0.15, 0.2) is 0 Å². The predicted molar refractivity (Wildman–Crippen MR) is 104 cm³/mol. The number of aliphatic hydroxyl groups excluding tert-OH is 1. The molecule has 1 aliphatic carbocycles. The molecule has 3 nitrogen and oxygen atoms in total. The molecule has 0 saturated heterocycles. The van der Waals surface area contributed by atoms with Gasteiger partial charge in [0.2, 0.25) is 0 Å². The monoisotopic (exact) mass is 336 g/mol. The SMILES string of the molecule is CC1(C)CCC(C)(C)c2c1ccc(-c1ccc(CO)cc1)c2C(=N)N. The fourth-order valence-corrected chi connectivity index (χ4v) is 4.06. The zero-order chi connectivity index (χ0) is 18.4. The first kappa shape index (κ1) is 17.7. The quantitative estimate of drug-likeness (QED) is 0.571. The van der Waals surface area contributed by atoms with E-state index in [1.807, 2.05) is 24.3 Å². The molecule has 2 aromatic rings. The second-order valence-electron chi connectivity index (χ2n) is 8.45. The molecule has 3 rings (SSSR count). The molecule has 0 bridgehead atoms. The van der Waals surface area contributed by atoms with Crippen LogP contribution in [0.25, 0.3) is 11.1 Å². The number of amidine groups is 1. The summed E-state index contributed by atoms with van der Waals surface area (Å²) in [6.07, 6.45) is 2.22. The largest absolute Gasteiger partial charge is 0.392 e. The van der Waals surface area contributed by atoms with Crippen LogP contribution in [-0.2, 0) is 17.4 Å². The Bertz CT molecular complexity index is 817. The molecule has 0 aliphatic heterocycles. The van der Waals surface area contributed by atoms with E-state index in [0.717, 1.165) is 35.1 Å². The molecule has 0 radical (unpaired) electrons. The Morgan fingerprint density at radius 3 is 2.16 bits per heavy atom. The summed E-state index contributed by atoms with van der Waals surface area (Å²) in [7, 11) is 0. The standard InChI is InChI=1S/C22H28N2O/c1-21(2)11-12-22(3,4)19-17(21)10-9-16(18(19)20(23)24)15-7-5-14(13-25)6-8-15/h5-10,25H,11-13H2,1-4H3,(H3,23,24). The maximum absolute atomic E-state index is 9.27. The van der Waals surface area contributed by atoms with Crippen molar-refractivity contribution in [2.45, 2.75) is 58.0 Å². The summed E-state index contributed by atoms with van der Waals surface area (Å²) in [5, 5.41) is 17.6. The van der Waals surface area contributed by atoms with Crippen molar-refractivity contribution in [3.05, 3.63) is 58.7 Å². The second kappa shape index (κ2) is 5.99. The summed E-state index contributed by atoms with van der Waals surface area (Å²) in [5.41, 5.74) is 12.5. The molecule has 2 aromatic carbocycles. The zero-order valence-electron chi connectivity index (χ0n) is 15.6. The number of benzene rings is 2. The van der Waals surface area contributed by atoms with E-state index in [-0.39, 0.29) is 23.3 Å². The van der Waals surface area contributed by atoms with Gasteiger partial charge in [-0.15, -0.1) is 0 Å². The van der Waals surface area contributed by atoms with Crippen molar-refractivity contribution in [1.82, 2.24) is 0 Å². The van der Waals surface area contributed by atoms with Crippen molar-refractivity contribution in [3.8, 4) is 11.1 Å². The lowest BCUT2D eigenvalue weighted by molar-refractivity contribution is 0.282. The molecule has 25 heavy (non-hydrogen) atoms. The number of aliphatic hydroxyl groups is 1. The van der Waals surface area contributed by atoms with Crippen LogP contribution in [0.1, 0.15) is 62.8 Å². The van der Waals surface area contributed by atoms with Gasteiger partial charge < -0.3 is 10.8 Å². The molecule has 0 unspecified atom stereocenters. The number of hydrogen-bond donors (Lipinski definition) is 3. The molecule has 3 heteroatoms. The van der Waals surface area contributed by atoms with E-state index in [4.69, 9.17) is 11.1 Å². The van der Waals surface area contributed by atoms with Gasteiger partial charge >= 0.3 is 0 Å². The Morgan fingerprint density at radius 1 is 1.00 bits per heavy atom. The molecule has 1 aliphatic rings. The number of hydrogen-bond acceptors (Lipinski definition) is 2. The molecule has 0 heterocycles. The minimum absolute atomic E-state index is 0.00704. The van der Waals surface area contributed by atoms with Gasteiger partial charge in [-0.1, -0.05) is 64.1 Å². The number of nitrogens with two attached hydrogens (primary N) is 1. The molecular weight excluding hydrogens is 308 g/mol. The number of nitrogen functional groups attached to an aromatic ring is 1. The van der Waals surface area contributed by atoms with E-state index in [1.165, 1.54) is 11.1 Å². The van der Waals surface area contributed by atoms with Crippen LogP contribution in [0.15, 0.2) is 36.4 Å². The van der Waals surface area contributed by atoms with E-state index >= 15 is 0 Å². The summed E-state index contributed by atoms with van der Waals surface area (Å²) in [6, 6.07) is 12.2. The lowest BCUT2D eigenvalue weighted by Crippen LogP contribution is -2.36. The van der Waals surface area contributed by atoms with Crippen molar-refractivity contribution in [1.29, 1.82) is 5.41 Å². The van der Waals surface area contributed by atoms with Gasteiger partial charge in [0, 0.05) is 5.56 Å². The van der Waals surface area contributed by atoms with Crippen LogP contribution in [-0.4, -0.2) is 10.9 Å². The van der Waals surface area contributed by atoms with Gasteiger partial charge in [-0.3, -0.25) is 5.41 Å². The van der Waals surface area contributed by atoms with Crippen molar-refractivity contribution in [2.24, 2.45) is 5.73 Å². The third-order valence-electron chi connectivity index (χ3n) is 5.70. The Balaban J connectivity index is 2.30. The summed E-state index contributed by atoms with van der Waals surface area (Å²) >= 11 is 0. The molecule has 0 spiro atoms. The highest BCUT2D eigenvalue weighted by Crippen LogP contribution is 2.48. The lowest BCUT2D eigenvalue weighted by Gasteiger charge is -2.43. The molecule has 0 saturated carbocycles. The van der Waals surface area contributed by atoms with Gasteiger partial charge in [0.1, 0.15) is 5.84 Å². The Kier molecular flexibility index (Phi) is 4.24. The summed E-state index contributed by atoms with van der Waals surface area (Å²) in [4.78, 5) is 0. The molecular formula is C22H28N2O. The minimum atomic E-state index is -0.00704. The highest BCUT2D eigenvalue weighted by atomic mass is 16.3. The second-order valence-corrected chi connectivity index (χ2v) is 8.45. The van der Waals surface area contributed by atoms with Crippen molar-refractivity contribution in [3.63, 3.8) is 0 Å². The van der Waals surface area contributed by atoms with Crippen molar-refractivity contribution >= 4 is 5.84 Å². The summed E-state index contributed by atoms with van der Waals surface area (Å²) in [6.45, 7) is 9.10. The van der Waals surface area contributed by atoms with Crippen LogP contribution in [0.3, 0.4) is 0 Å². The van der Waals surface area contributed by atoms with E-state index in [9.17, 15) is 5.11 Å². The topological polar surface area (TPSA) is 70.1 Å². The molecule has 132 valence electrons. The first-order valence-electron chi connectivity index (χ1n) is 8.90. The average molecular weight is 336 g/mol. The van der Waals surface area contributed by atoms with E-state index < -0.39 is 0 Å². The Hall–Kier alpha value is -2.13. The van der Waals surface area contributed by atoms with Crippen LogP contribution in [0.5, 0.6) is 0 Å². The smallest absolute Gasteiger partial charge is 0.123 e. The molecule has 0 amide bonds. The first-order chi connectivity index (χ1) is 11.7. The Morgan fingerprint density at radius 2 is 1.60 bits per heavy atom. The van der Waals surface area contributed by atoms with Crippen LogP contribution in [0.4, 0.5) is 0 Å². The van der Waals surface area contributed by atoms with Crippen LogP contribution < -0.4 is 5.73 Å². The summed E-state index contributed by atoms with van der Waals surface area (Å²) < 4.78 is 0. The van der Waals surface area contributed by atoms with E-state index in [1.54, 1.807) is 0 Å². The Labute approximate surface area is 150 Å². The summed E-state index contributed by atoms with van der Waals surface area (Å²) in [5.74, 6) is 0.129. The van der Waals surface area contributed by atoms with Gasteiger partial charge in [0.25, 0.3) is 0 Å². The third-order valence-corrected chi connectivity index (χ3v) is 5.70. The van der Waals surface area contributed by atoms with Gasteiger partial charge in [-0.05, 0) is 51.5 Å². The molecule has 0 fully saturated rings. The van der Waals surface area contributed by atoms with E-state index in [0.29, 0.717) is 0 Å². The maximum Gasteiger partial charge on any atom is 0.123 e. The molecule has 0 atom stereocenters. The average Bonchev–Trinajstić information content (AvgIpc) is 2.58. The predicted octanol–water partition coefficient (Wildman–Crippen LogP) is 4.48. The van der Waals surface area contributed by atoms with Gasteiger partial charge in [0.05, 0.1) is 6.61 Å². The zero-order valence-corrected chi connectivity index (χ0v) is 15.6. The highest BCUT2D eigenvalue weighted by Gasteiger charge is 2.39. The first-order valence-corrected chi connectivity index (χ1v) is 8.90. The lowest BCUT2D eigenvalue weighted by atomic mass is 9.61. The van der Waals surface area contributed by atoms with E-state index in [2.05, 4.69) is 39.8 Å². The number of rotatable bonds is 3. The van der Waals surface area contributed by atoms with Crippen LogP contribution in [0.2, 0.25) is 0 Å². The van der Waals surface area contributed by atoms with Crippen LogP contribution >= 0.6 is 0 Å². The normalized spacial score (nSPS) is 17.8. The fourth-order valence-electron chi connectivity index (χ4n) is 4.06. The van der Waals surface area contributed by atoms with Crippen molar-refractivity contribution in [2.75, 3.05) is 0 Å². The number of fused-ring (bicyclic) bond motifs is 1. The number of nitrogens with one attached hydrogen (secondary N) is 1. The van der Waals surface area contributed by atoms with Gasteiger partial charge in [-0.2, -0.15) is 0 Å². The van der Waals surface area contributed by atoms with Gasteiger partial charge in [-0.25, -0.2) is 0 Å². The molecule has 4 N–H and O–H groups in total. The molecule has 0 aromatic heterocycles. The van der Waals surface area contributed by atoms with Crippen molar-refractivity contribution < 1.29 is 5.11 Å². The maximum atomic E-state index is 9.27. The third kappa shape index (κ3) is 2.98.